The van der Waals surface area contributed by atoms with Gasteiger partial charge in [0.2, 0.25) is 23.5 Å². The Balaban J connectivity index is 1.27. The number of carboxylic acid groups (broad SMARTS) is 1. The fraction of sp³-hybridized carbons (Fsp3) is 0.395. The van der Waals surface area contributed by atoms with Crippen LogP contribution < -0.4 is 24.8 Å². The molecule has 0 saturated carbocycles. The van der Waals surface area contributed by atoms with Crippen molar-refractivity contribution < 1.29 is 47.2 Å². The van der Waals surface area contributed by atoms with E-state index in [2.05, 4.69) is 25.6 Å². The van der Waals surface area contributed by atoms with Gasteiger partial charge in [-0.3, -0.25) is 9.78 Å². The molecule has 13 nitrogen and oxygen atoms in total. The fourth-order valence-electron chi connectivity index (χ4n) is 6.87. The van der Waals surface area contributed by atoms with Crippen LogP contribution in [0.5, 0.6) is 17.6 Å². The second-order valence-corrected chi connectivity index (χ2v) is 13.7. The predicted octanol–water partition coefficient (Wildman–Crippen LogP) is 6.19. The number of benzene rings is 1. The Bertz CT molecular complexity index is 2070. The van der Waals surface area contributed by atoms with E-state index in [1.807, 2.05) is 6.07 Å². The first-order chi connectivity index (χ1) is 26.3. The summed E-state index contributed by atoms with van der Waals surface area (Å²) in [6, 6.07) is 11.2. The molecule has 3 atom stereocenters. The first-order valence-electron chi connectivity index (χ1n) is 17.6. The van der Waals surface area contributed by atoms with Crippen molar-refractivity contribution in [3.8, 4) is 40.2 Å². The van der Waals surface area contributed by atoms with Crippen LogP contribution in [0.4, 0.5) is 18.0 Å². The number of nitrogens with zero attached hydrogens (tertiary/aromatic N) is 4. The lowest BCUT2D eigenvalue weighted by Gasteiger charge is -2.23. The number of hydrogen-bond donors (Lipinski definition) is 4. The summed E-state index contributed by atoms with van der Waals surface area (Å²) in [5, 5.41) is 25.4. The van der Waals surface area contributed by atoms with E-state index < -0.39 is 35.9 Å². The molecule has 4 aromatic rings. The van der Waals surface area contributed by atoms with Gasteiger partial charge in [-0.05, 0) is 61.6 Å². The highest BCUT2D eigenvalue weighted by Crippen LogP contribution is 2.45. The van der Waals surface area contributed by atoms with Crippen molar-refractivity contribution in [3.05, 3.63) is 81.5 Å². The number of halogens is 4. The second kappa shape index (κ2) is 16.7. The minimum absolute atomic E-state index is 0.00892. The highest BCUT2D eigenvalue weighted by atomic mass is 35.5. The molecule has 2 amide bonds. The van der Waals surface area contributed by atoms with Gasteiger partial charge in [0.1, 0.15) is 11.7 Å². The molecular weight excluding hydrogens is 745 g/mol. The summed E-state index contributed by atoms with van der Waals surface area (Å²) in [6.45, 7) is 1.81. The molecule has 1 aliphatic carbocycles. The number of aliphatic hydroxyl groups excluding tert-OH is 1. The summed E-state index contributed by atoms with van der Waals surface area (Å²) in [6.07, 6.45) is -4.08. The van der Waals surface area contributed by atoms with Crippen LogP contribution in [0.1, 0.15) is 60.1 Å². The van der Waals surface area contributed by atoms with Crippen molar-refractivity contribution in [3.63, 3.8) is 0 Å². The average molecular weight is 785 g/mol. The van der Waals surface area contributed by atoms with Crippen LogP contribution in [-0.4, -0.2) is 81.5 Å². The van der Waals surface area contributed by atoms with E-state index in [0.29, 0.717) is 59.3 Å². The number of ether oxygens (including phenoxy) is 3. The first kappa shape index (κ1) is 39.5. The number of aromatic nitrogens is 3. The van der Waals surface area contributed by atoms with Crippen LogP contribution in [0.15, 0.2) is 48.7 Å². The van der Waals surface area contributed by atoms with Crippen LogP contribution in [0.2, 0.25) is 5.02 Å². The van der Waals surface area contributed by atoms with E-state index in [0.717, 1.165) is 11.6 Å². The Labute approximate surface area is 319 Å². The van der Waals surface area contributed by atoms with Gasteiger partial charge in [0.15, 0.2) is 0 Å². The summed E-state index contributed by atoms with van der Waals surface area (Å²) in [5.41, 5.74) is 3.19. The predicted molar refractivity (Wildman–Crippen MR) is 195 cm³/mol. The number of carbonyl (C=O) groups excluding carboxylic acids is 1. The molecule has 55 heavy (non-hydrogen) atoms. The number of aliphatic hydroxyl groups is 1. The molecule has 1 aliphatic heterocycles. The number of hydrogen-bond acceptors (Lipinski definition) is 10. The Morgan fingerprint density at radius 3 is 2.49 bits per heavy atom. The van der Waals surface area contributed by atoms with E-state index in [1.54, 1.807) is 43.5 Å². The number of amides is 2. The number of alkyl halides is 3. The quantitative estimate of drug-likeness (QED) is 0.115. The third-order valence-corrected chi connectivity index (χ3v) is 9.84. The average Bonchev–Trinajstić information content (AvgIpc) is 3.76. The van der Waals surface area contributed by atoms with Gasteiger partial charge in [-0.15, -0.1) is 0 Å². The first-order valence-corrected chi connectivity index (χ1v) is 17.9. The van der Waals surface area contributed by atoms with Gasteiger partial charge in [0.25, 0.3) is 0 Å². The Morgan fingerprint density at radius 2 is 1.82 bits per heavy atom. The largest absolute Gasteiger partial charge is 0.481 e. The van der Waals surface area contributed by atoms with Crippen molar-refractivity contribution in [2.45, 2.75) is 70.1 Å². The number of nitrogens with one attached hydrogen (secondary N) is 2. The Morgan fingerprint density at radius 1 is 1.05 bits per heavy atom. The van der Waals surface area contributed by atoms with Gasteiger partial charge >= 0.3 is 12.3 Å². The maximum Gasteiger partial charge on any atom is 0.421 e. The maximum atomic E-state index is 14.3. The zero-order chi connectivity index (χ0) is 39.4. The lowest BCUT2D eigenvalue weighted by Crippen LogP contribution is -2.41. The monoisotopic (exact) mass is 784 g/mol. The fourth-order valence-corrected chi connectivity index (χ4v) is 7.18. The molecule has 292 valence electrons. The van der Waals surface area contributed by atoms with Gasteiger partial charge in [-0.2, -0.15) is 18.2 Å². The zero-order valence-electron chi connectivity index (χ0n) is 30.2. The number of fused-ring (bicyclic) bond motifs is 1. The standard InChI is InChI=1S/C38H40ClF3N6O7/c1-20(49)16-43-17-22-15-28(38(40,41)42)36(47-35(22)54-3)55-30-11-9-24-25(30)5-4-6-26(24)33-32(39)27(13-14-44-33)29-10-7-21(34(46-29)53-2)18-48(37(51)52)19-23-8-12-31(50)45-23/h4-7,10,13-15,20,23,30,43,49H,8-9,11-12,16-19H2,1-3H3,(H,45,50)(H,51,52)/t20-,23-,30-/m0/s1. The lowest BCUT2D eigenvalue weighted by atomic mass is 9.98. The molecular formula is C38H40ClF3N6O7. The van der Waals surface area contributed by atoms with Crippen LogP contribution >= 0.6 is 11.6 Å². The van der Waals surface area contributed by atoms with Crippen molar-refractivity contribution in [2.75, 3.05) is 27.3 Å². The third-order valence-electron chi connectivity index (χ3n) is 9.46. The number of carbonyl (C=O) groups is 2. The molecule has 17 heteroatoms. The third kappa shape index (κ3) is 8.87. The summed E-state index contributed by atoms with van der Waals surface area (Å²) in [5.74, 6) is -0.552. The zero-order valence-corrected chi connectivity index (χ0v) is 31.0. The number of rotatable bonds is 14. The van der Waals surface area contributed by atoms with Crippen LogP contribution in [0.3, 0.4) is 0 Å². The normalized spacial score (nSPS) is 17.1. The minimum atomic E-state index is -4.77. The summed E-state index contributed by atoms with van der Waals surface area (Å²) < 4.78 is 59.9. The topological polar surface area (TPSA) is 168 Å². The molecule has 6 rings (SSSR count). The molecule has 0 unspecified atom stereocenters. The van der Waals surface area contributed by atoms with Gasteiger partial charge in [-0.25, -0.2) is 9.78 Å². The molecule has 2 aliphatic rings. The van der Waals surface area contributed by atoms with E-state index >= 15 is 0 Å². The van der Waals surface area contributed by atoms with Crippen molar-refractivity contribution in [1.29, 1.82) is 0 Å². The Hall–Kier alpha value is -5.19. The number of pyridine rings is 3. The van der Waals surface area contributed by atoms with E-state index in [1.165, 1.54) is 19.1 Å². The lowest BCUT2D eigenvalue weighted by molar-refractivity contribution is -0.139. The van der Waals surface area contributed by atoms with E-state index in [-0.39, 0.29) is 60.5 Å². The minimum Gasteiger partial charge on any atom is -0.481 e. The maximum absolute atomic E-state index is 14.3. The molecule has 4 N–H and O–H groups in total. The van der Waals surface area contributed by atoms with Crippen LogP contribution in [-0.2, 0) is 30.5 Å². The van der Waals surface area contributed by atoms with Gasteiger partial charge in [0, 0.05) is 60.5 Å². The molecule has 1 saturated heterocycles. The van der Waals surface area contributed by atoms with E-state index in [4.69, 9.17) is 25.8 Å². The Kier molecular flexibility index (Phi) is 12.0. The SMILES string of the molecule is COc1nc(-c2ccnc(-c3cccc4c3CC[C@@H]4Oc3nc(OC)c(CNC[C@H](C)O)cc3C(F)(F)F)c2Cl)ccc1CN(C[C@@H]1CCC(=O)N1)C(=O)O. The molecule has 4 heterocycles. The summed E-state index contributed by atoms with van der Waals surface area (Å²) >= 11 is 7.02. The molecule has 1 aromatic carbocycles. The highest BCUT2D eigenvalue weighted by Gasteiger charge is 2.39. The summed E-state index contributed by atoms with van der Waals surface area (Å²) in [7, 11) is 2.74. The van der Waals surface area contributed by atoms with Crippen molar-refractivity contribution in [2.24, 2.45) is 0 Å². The summed E-state index contributed by atoms with van der Waals surface area (Å²) in [4.78, 5) is 38.3. The molecule has 0 radical (unpaired) electrons. The number of methoxy groups -OCH3 is 2. The van der Waals surface area contributed by atoms with E-state index in [9.17, 15) is 33.0 Å². The molecule has 0 bridgehead atoms. The molecule has 1 fully saturated rings. The van der Waals surface area contributed by atoms with Crippen LogP contribution in [0, 0.1) is 0 Å². The smallest absolute Gasteiger partial charge is 0.421 e. The highest BCUT2D eigenvalue weighted by molar-refractivity contribution is 6.35. The molecule has 0 spiro atoms. The van der Waals surface area contributed by atoms with Crippen LogP contribution in [0.25, 0.3) is 22.5 Å². The van der Waals surface area contributed by atoms with Crippen molar-refractivity contribution in [1.82, 2.24) is 30.5 Å². The molecule has 3 aromatic heterocycles. The van der Waals surface area contributed by atoms with Crippen molar-refractivity contribution >= 4 is 23.6 Å². The van der Waals surface area contributed by atoms with Gasteiger partial charge in [-0.1, -0.05) is 29.8 Å². The van der Waals surface area contributed by atoms with Gasteiger partial charge in [0.05, 0.1) is 43.3 Å². The second-order valence-electron chi connectivity index (χ2n) is 13.4. The van der Waals surface area contributed by atoms with Gasteiger partial charge < -0.3 is 40.0 Å².